The highest BCUT2D eigenvalue weighted by Crippen LogP contribution is 2.28. The van der Waals surface area contributed by atoms with Gasteiger partial charge in [-0.3, -0.25) is 9.36 Å². The first-order valence-electron chi connectivity index (χ1n) is 12.6. The van der Waals surface area contributed by atoms with Crippen molar-refractivity contribution in [3.63, 3.8) is 0 Å². The summed E-state index contributed by atoms with van der Waals surface area (Å²) >= 11 is 1.66. The minimum atomic E-state index is -0.225. The summed E-state index contributed by atoms with van der Waals surface area (Å²) < 4.78 is 2.08. The summed E-state index contributed by atoms with van der Waals surface area (Å²) in [5.74, 6) is 1.65. The highest BCUT2D eigenvalue weighted by Gasteiger charge is 2.21. The van der Waals surface area contributed by atoms with Crippen molar-refractivity contribution < 1.29 is 4.79 Å². The number of benzene rings is 2. The van der Waals surface area contributed by atoms with E-state index in [4.69, 9.17) is 0 Å². The summed E-state index contributed by atoms with van der Waals surface area (Å²) in [5.41, 5.74) is 3.45. The zero-order valence-electron chi connectivity index (χ0n) is 20.8. The number of carbonyl (C=O) groups is 1. The third-order valence-corrected chi connectivity index (χ3v) is 6.93. The molecule has 1 unspecified atom stereocenters. The molecule has 3 rings (SSSR count). The maximum Gasteiger partial charge on any atom is 0.220 e. The molecule has 5 nitrogen and oxygen atoms in total. The van der Waals surface area contributed by atoms with Crippen LogP contribution in [-0.4, -0.2) is 20.7 Å². The van der Waals surface area contributed by atoms with E-state index in [0.29, 0.717) is 6.42 Å². The lowest BCUT2D eigenvalue weighted by Crippen LogP contribution is -2.28. The second-order valence-electron chi connectivity index (χ2n) is 8.95. The molecule has 0 aliphatic heterocycles. The van der Waals surface area contributed by atoms with Crippen LogP contribution in [0.3, 0.4) is 0 Å². The van der Waals surface area contributed by atoms with Crippen molar-refractivity contribution in [3.8, 4) is 5.69 Å². The molecule has 0 fully saturated rings. The maximum absolute atomic E-state index is 12.6. The molecule has 1 amide bonds. The van der Waals surface area contributed by atoms with Gasteiger partial charge in [0, 0.05) is 17.9 Å². The van der Waals surface area contributed by atoms with Gasteiger partial charge in [0.1, 0.15) is 0 Å². The number of hydrogen-bond acceptors (Lipinski definition) is 4. The lowest BCUT2D eigenvalue weighted by Gasteiger charge is -2.16. The largest absolute Gasteiger partial charge is 0.346 e. The van der Waals surface area contributed by atoms with Crippen LogP contribution in [0.15, 0.2) is 59.8 Å². The van der Waals surface area contributed by atoms with Gasteiger partial charge in [-0.05, 0) is 38.0 Å². The Kier molecular flexibility index (Phi) is 10.7. The molecule has 0 radical (unpaired) electrons. The molecular formula is C28H38N4OS. The van der Waals surface area contributed by atoms with E-state index in [1.807, 2.05) is 13.0 Å². The maximum atomic E-state index is 12.6. The fourth-order valence-electron chi connectivity index (χ4n) is 3.93. The minimum Gasteiger partial charge on any atom is -0.346 e. The molecule has 0 aliphatic carbocycles. The van der Waals surface area contributed by atoms with E-state index in [2.05, 4.69) is 82.5 Å². The molecule has 1 N–H and O–H groups in total. The van der Waals surface area contributed by atoms with Crippen molar-refractivity contribution in [1.29, 1.82) is 0 Å². The van der Waals surface area contributed by atoms with Crippen LogP contribution in [0.5, 0.6) is 0 Å². The third-order valence-electron chi connectivity index (χ3n) is 5.93. The van der Waals surface area contributed by atoms with Crippen molar-refractivity contribution in [1.82, 2.24) is 20.1 Å². The molecule has 1 aromatic heterocycles. The summed E-state index contributed by atoms with van der Waals surface area (Å²) in [5, 5.41) is 13.0. The minimum absolute atomic E-state index is 0.0815. The van der Waals surface area contributed by atoms with E-state index in [1.165, 1.54) is 43.2 Å². The molecule has 0 bridgehead atoms. The predicted molar refractivity (Wildman–Crippen MR) is 141 cm³/mol. The van der Waals surface area contributed by atoms with Crippen LogP contribution < -0.4 is 5.32 Å². The highest BCUT2D eigenvalue weighted by molar-refractivity contribution is 7.98. The summed E-state index contributed by atoms with van der Waals surface area (Å²) in [6.45, 7) is 6.30. The normalized spacial score (nSPS) is 12.0. The Balaban J connectivity index is 1.64. The van der Waals surface area contributed by atoms with Crippen LogP contribution in [0.4, 0.5) is 0 Å². The Hall–Kier alpha value is -2.60. The number of amides is 1. The molecule has 6 heteroatoms. The number of unbranched alkanes of at least 4 members (excludes halogenated alkanes) is 6. The summed E-state index contributed by atoms with van der Waals surface area (Å²) in [6.07, 6.45) is 8.98. The molecule has 1 atom stereocenters. The summed E-state index contributed by atoms with van der Waals surface area (Å²) in [6, 6.07) is 18.5. The Labute approximate surface area is 208 Å². The van der Waals surface area contributed by atoms with E-state index in [-0.39, 0.29) is 11.9 Å². The van der Waals surface area contributed by atoms with Crippen molar-refractivity contribution in [3.05, 3.63) is 71.5 Å². The second kappa shape index (κ2) is 14.0. The number of thioether (sulfide) groups is 1. The first-order valence-corrected chi connectivity index (χ1v) is 13.6. The summed E-state index contributed by atoms with van der Waals surface area (Å²) in [4.78, 5) is 12.6. The predicted octanol–water partition coefficient (Wildman–Crippen LogP) is 7.19. The van der Waals surface area contributed by atoms with Crippen LogP contribution in [-0.2, 0) is 10.5 Å². The topological polar surface area (TPSA) is 59.8 Å². The molecule has 0 saturated heterocycles. The Morgan fingerprint density at radius 2 is 1.62 bits per heavy atom. The third kappa shape index (κ3) is 8.01. The number of aromatic nitrogens is 3. The van der Waals surface area contributed by atoms with Crippen LogP contribution in [0, 0.1) is 6.92 Å². The van der Waals surface area contributed by atoms with E-state index < -0.39 is 0 Å². The van der Waals surface area contributed by atoms with Crippen molar-refractivity contribution in [2.24, 2.45) is 0 Å². The van der Waals surface area contributed by atoms with E-state index in [0.717, 1.165) is 35.3 Å². The van der Waals surface area contributed by atoms with Gasteiger partial charge in [0.05, 0.1) is 6.04 Å². The first-order chi connectivity index (χ1) is 16.6. The lowest BCUT2D eigenvalue weighted by atomic mass is 10.1. The molecule has 182 valence electrons. The van der Waals surface area contributed by atoms with Gasteiger partial charge in [-0.25, -0.2) is 0 Å². The SMILES string of the molecule is CCCCCCCCCC(=O)NC(C)c1nnc(SCc2ccccc2)n1-c1ccc(C)cc1. The quantitative estimate of drug-likeness (QED) is 0.197. The molecule has 3 aromatic rings. The standard InChI is InChI=1S/C28H38N4OS/c1-4-5-6-7-8-9-13-16-26(33)29-23(3)27-30-31-28(34-21-24-14-11-10-12-15-24)32(27)25-19-17-22(2)18-20-25/h10-12,14-15,17-20,23H,4-9,13,16,21H2,1-3H3,(H,29,33). The van der Waals surface area contributed by atoms with Crippen LogP contribution in [0.2, 0.25) is 0 Å². The molecule has 0 aliphatic rings. The van der Waals surface area contributed by atoms with Gasteiger partial charge in [0.25, 0.3) is 0 Å². The van der Waals surface area contributed by atoms with E-state index in [9.17, 15) is 4.79 Å². The van der Waals surface area contributed by atoms with Crippen molar-refractivity contribution in [2.45, 2.75) is 89.1 Å². The molecular weight excluding hydrogens is 440 g/mol. The Morgan fingerprint density at radius 3 is 2.32 bits per heavy atom. The van der Waals surface area contributed by atoms with Crippen LogP contribution in [0.1, 0.15) is 88.2 Å². The molecule has 34 heavy (non-hydrogen) atoms. The van der Waals surface area contributed by atoms with Crippen molar-refractivity contribution >= 4 is 17.7 Å². The van der Waals surface area contributed by atoms with E-state index in [1.54, 1.807) is 11.8 Å². The van der Waals surface area contributed by atoms with Crippen LogP contribution in [0.25, 0.3) is 5.69 Å². The average Bonchev–Trinajstić information content (AvgIpc) is 3.27. The number of aryl methyl sites for hydroxylation is 1. The van der Waals surface area contributed by atoms with Gasteiger partial charge in [-0.2, -0.15) is 0 Å². The number of nitrogens with one attached hydrogen (secondary N) is 1. The van der Waals surface area contributed by atoms with Gasteiger partial charge in [-0.1, -0.05) is 105 Å². The second-order valence-corrected chi connectivity index (χ2v) is 9.89. The van der Waals surface area contributed by atoms with Gasteiger partial charge in [0.2, 0.25) is 5.91 Å². The van der Waals surface area contributed by atoms with Crippen LogP contribution >= 0.6 is 11.8 Å². The first kappa shape index (κ1) is 26.0. The van der Waals surface area contributed by atoms with Gasteiger partial charge in [-0.15, -0.1) is 10.2 Å². The van der Waals surface area contributed by atoms with Gasteiger partial charge < -0.3 is 5.32 Å². The lowest BCUT2D eigenvalue weighted by molar-refractivity contribution is -0.121. The average molecular weight is 479 g/mol. The fourth-order valence-corrected chi connectivity index (χ4v) is 4.85. The molecule has 0 spiro atoms. The number of carbonyl (C=O) groups excluding carboxylic acids is 1. The highest BCUT2D eigenvalue weighted by atomic mass is 32.2. The smallest absolute Gasteiger partial charge is 0.220 e. The molecule has 2 aromatic carbocycles. The van der Waals surface area contributed by atoms with Gasteiger partial charge in [0.15, 0.2) is 11.0 Å². The molecule has 0 saturated carbocycles. The monoisotopic (exact) mass is 478 g/mol. The van der Waals surface area contributed by atoms with E-state index >= 15 is 0 Å². The zero-order chi connectivity index (χ0) is 24.2. The van der Waals surface area contributed by atoms with Gasteiger partial charge >= 0.3 is 0 Å². The fraction of sp³-hybridized carbons (Fsp3) is 0.464. The summed E-state index contributed by atoms with van der Waals surface area (Å²) in [7, 11) is 0. The number of hydrogen-bond donors (Lipinski definition) is 1. The van der Waals surface area contributed by atoms with Crippen molar-refractivity contribution in [2.75, 3.05) is 0 Å². The Bertz CT molecular complexity index is 1000. The molecule has 1 heterocycles. The number of nitrogens with zero attached hydrogens (tertiary/aromatic N) is 3. The Morgan fingerprint density at radius 1 is 0.941 bits per heavy atom. The number of rotatable bonds is 14. The zero-order valence-corrected chi connectivity index (χ0v) is 21.6.